The molecule has 1 aromatic carbocycles. The van der Waals surface area contributed by atoms with Gasteiger partial charge in [0.25, 0.3) is 0 Å². The van der Waals surface area contributed by atoms with Crippen molar-refractivity contribution in [2.75, 3.05) is 30.3 Å². The molecular weight excluding hydrogens is 240 g/mol. The summed E-state index contributed by atoms with van der Waals surface area (Å²) in [5.41, 5.74) is 2.86. The van der Waals surface area contributed by atoms with Crippen LogP contribution in [0.25, 0.3) is 0 Å². The minimum atomic E-state index is 0.746. The smallest absolute Gasteiger partial charge is 0.0412 e. The molecule has 1 aliphatic rings. The summed E-state index contributed by atoms with van der Waals surface area (Å²) in [5, 5.41) is 4.26. The van der Waals surface area contributed by atoms with Gasteiger partial charge in [0.1, 0.15) is 0 Å². The normalized spacial score (nSPS) is 20.1. The highest BCUT2D eigenvalue weighted by atomic mass is 32.2. The molecule has 2 rings (SSSR count). The van der Waals surface area contributed by atoms with Crippen LogP contribution in [0.5, 0.6) is 0 Å². The molecule has 1 aromatic rings. The minimum Gasteiger partial charge on any atom is -0.369 e. The summed E-state index contributed by atoms with van der Waals surface area (Å²) in [5.74, 6) is 1.25. The quantitative estimate of drug-likeness (QED) is 0.823. The molecule has 0 radical (unpaired) electrons. The Bertz CT molecular complexity index is 367. The predicted molar refractivity (Wildman–Crippen MR) is 82.6 cm³/mol. The van der Waals surface area contributed by atoms with Crippen LogP contribution in [0.2, 0.25) is 0 Å². The zero-order valence-corrected chi connectivity index (χ0v) is 12.3. The third kappa shape index (κ3) is 3.66. The van der Waals surface area contributed by atoms with Gasteiger partial charge in [-0.1, -0.05) is 32.0 Å². The molecule has 100 valence electrons. The molecule has 3 heteroatoms. The molecule has 1 aliphatic heterocycles. The molecule has 0 saturated carbocycles. The van der Waals surface area contributed by atoms with Crippen LogP contribution < -0.4 is 10.2 Å². The summed E-state index contributed by atoms with van der Waals surface area (Å²) in [6, 6.07) is 8.83. The lowest BCUT2D eigenvalue weighted by atomic mass is 10.1. The van der Waals surface area contributed by atoms with Gasteiger partial charge in [-0.05, 0) is 24.6 Å². The molecule has 0 aliphatic carbocycles. The van der Waals surface area contributed by atoms with Crippen molar-refractivity contribution in [2.24, 2.45) is 0 Å². The van der Waals surface area contributed by atoms with E-state index in [9.17, 15) is 0 Å². The van der Waals surface area contributed by atoms with Gasteiger partial charge >= 0.3 is 0 Å². The highest BCUT2D eigenvalue weighted by molar-refractivity contribution is 8.00. The minimum absolute atomic E-state index is 0.746. The molecule has 18 heavy (non-hydrogen) atoms. The third-order valence-electron chi connectivity index (χ3n) is 3.32. The van der Waals surface area contributed by atoms with Crippen molar-refractivity contribution in [1.82, 2.24) is 5.32 Å². The van der Waals surface area contributed by atoms with Crippen molar-refractivity contribution in [3.63, 3.8) is 0 Å². The van der Waals surface area contributed by atoms with Crippen LogP contribution in [0.3, 0.4) is 0 Å². The van der Waals surface area contributed by atoms with Crippen molar-refractivity contribution < 1.29 is 0 Å². The average Bonchev–Trinajstić information content (AvgIpc) is 2.40. The topological polar surface area (TPSA) is 15.3 Å². The summed E-state index contributed by atoms with van der Waals surface area (Å²) in [7, 11) is 0. The summed E-state index contributed by atoms with van der Waals surface area (Å²) < 4.78 is 0. The second kappa shape index (κ2) is 7.05. The SMILES string of the molecule is CCCNCc1ccccc1N1CCSC(C)C1. The molecule has 1 unspecified atom stereocenters. The molecule has 1 atom stereocenters. The number of rotatable bonds is 5. The van der Waals surface area contributed by atoms with Crippen LogP contribution in [-0.2, 0) is 6.54 Å². The van der Waals surface area contributed by atoms with Crippen LogP contribution in [0.4, 0.5) is 5.69 Å². The maximum atomic E-state index is 3.51. The summed E-state index contributed by atoms with van der Waals surface area (Å²) >= 11 is 2.09. The molecule has 1 saturated heterocycles. The Kier molecular flexibility index (Phi) is 5.39. The summed E-state index contributed by atoms with van der Waals surface area (Å²) in [4.78, 5) is 2.55. The zero-order valence-electron chi connectivity index (χ0n) is 11.5. The third-order valence-corrected chi connectivity index (χ3v) is 4.45. The van der Waals surface area contributed by atoms with Crippen molar-refractivity contribution in [3.8, 4) is 0 Å². The lowest BCUT2D eigenvalue weighted by Crippen LogP contribution is -2.37. The fraction of sp³-hybridized carbons (Fsp3) is 0.600. The van der Waals surface area contributed by atoms with E-state index in [2.05, 4.69) is 60.1 Å². The van der Waals surface area contributed by atoms with E-state index in [1.165, 1.54) is 36.5 Å². The first kappa shape index (κ1) is 13.8. The highest BCUT2D eigenvalue weighted by Gasteiger charge is 2.18. The van der Waals surface area contributed by atoms with E-state index in [-0.39, 0.29) is 0 Å². The fourth-order valence-corrected chi connectivity index (χ4v) is 3.42. The molecule has 1 fully saturated rings. The van der Waals surface area contributed by atoms with Crippen LogP contribution in [0.1, 0.15) is 25.8 Å². The zero-order chi connectivity index (χ0) is 12.8. The average molecular weight is 264 g/mol. The largest absolute Gasteiger partial charge is 0.369 e. The van der Waals surface area contributed by atoms with Crippen molar-refractivity contribution in [3.05, 3.63) is 29.8 Å². The first-order valence-corrected chi connectivity index (χ1v) is 8.01. The van der Waals surface area contributed by atoms with Gasteiger partial charge in [0.05, 0.1) is 0 Å². The summed E-state index contributed by atoms with van der Waals surface area (Å²) in [6.45, 7) is 8.98. The van der Waals surface area contributed by atoms with Gasteiger partial charge in [-0.2, -0.15) is 11.8 Å². The number of nitrogens with zero attached hydrogens (tertiary/aromatic N) is 1. The number of anilines is 1. The Morgan fingerprint density at radius 3 is 3.00 bits per heavy atom. The van der Waals surface area contributed by atoms with Gasteiger partial charge < -0.3 is 10.2 Å². The first-order chi connectivity index (χ1) is 8.81. The molecular formula is C15H24N2S. The van der Waals surface area contributed by atoms with E-state index < -0.39 is 0 Å². The molecule has 2 nitrogen and oxygen atoms in total. The van der Waals surface area contributed by atoms with Gasteiger partial charge in [0, 0.05) is 36.3 Å². The highest BCUT2D eigenvalue weighted by Crippen LogP contribution is 2.26. The monoisotopic (exact) mass is 264 g/mol. The summed E-state index contributed by atoms with van der Waals surface area (Å²) in [6.07, 6.45) is 1.19. The van der Waals surface area contributed by atoms with E-state index in [1.807, 2.05) is 0 Å². The molecule has 0 spiro atoms. The van der Waals surface area contributed by atoms with Crippen LogP contribution >= 0.6 is 11.8 Å². The lowest BCUT2D eigenvalue weighted by Gasteiger charge is -2.33. The van der Waals surface area contributed by atoms with Crippen molar-refractivity contribution >= 4 is 17.4 Å². The van der Waals surface area contributed by atoms with Gasteiger partial charge in [0.2, 0.25) is 0 Å². The van der Waals surface area contributed by atoms with E-state index in [4.69, 9.17) is 0 Å². The second-order valence-electron chi connectivity index (χ2n) is 4.93. The Morgan fingerprint density at radius 1 is 1.39 bits per heavy atom. The molecule has 1 heterocycles. The van der Waals surface area contributed by atoms with Crippen LogP contribution in [0.15, 0.2) is 24.3 Å². The molecule has 0 aromatic heterocycles. The molecule has 0 amide bonds. The Morgan fingerprint density at radius 2 is 2.22 bits per heavy atom. The van der Waals surface area contributed by atoms with Crippen LogP contribution in [0, 0.1) is 0 Å². The van der Waals surface area contributed by atoms with Gasteiger partial charge in [-0.15, -0.1) is 0 Å². The number of para-hydroxylation sites is 1. The fourth-order valence-electron chi connectivity index (χ4n) is 2.41. The first-order valence-electron chi connectivity index (χ1n) is 6.96. The van der Waals surface area contributed by atoms with E-state index >= 15 is 0 Å². The Hall–Kier alpha value is -0.670. The van der Waals surface area contributed by atoms with E-state index in [1.54, 1.807) is 0 Å². The maximum absolute atomic E-state index is 3.51. The molecule has 1 N–H and O–H groups in total. The number of benzene rings is 1. The number of hydrogen-bond donors (Lipinski definition) is 1. The van der Waals surface area contributed by atoms with E-state index in [0.717, 1.165) is 18.3 Å². The predicted octanol–water partition coefficient (Wildman–Crippen LogP) is 3.13. The Balaban J connectivity index is 2.06. The van der Waals surface area contributed by atoms with Crippen LogP contribution in [-0.4, -0.2) is 30.6 Å². The maximum Gasteiger partial charge on any atom is 0.0412 e. The Labute approximate surface area is 115 Å². The van der Waals surface area contributed by atoms with Gasteiger partial charge in [-0.3, -0.25) is 0 Å². The second-order valence-corrected chi connectivity index (χ2v) is 6.48. The lowest BCUT2D eigenvalue weighted by molar-refractivity contribution is 0.671. The van der Waals surface area contributed by atoms with Gasteiger partial charge in [0.15, 0.2) is 0 Å². The molecule has 0 bridgehead atoms. The number of hydrogen-bond acceptors (Lipinski definition) is 3. The number of thioether (sulfide) groups is 1. The van der Waals surface area contributed by atoms with Gasteiger partial charge in [-0.25, -0.2) is 0 Å². The standard InChI is InChI=1S/C15H24N2S/c1-3-8-16-11-14-6-4-5-7-15(14)17-9-10-18-13(2)12-17/h4-7,13,16H,3,8-12H2,1-2H3. The van der Waals surface area contributed by atoms with Crippen molar-refractivity contribution in [1.29, 1.82) is 0 Å². The number of nitrogens with one attached hydrogen (secondary N) is 1. The van der Waals surface area contributed by atoms with Crippen molar-refractivity contribution in [2.45, 2.75) is 32.1 Å². The van der Waals surface area contributed by atoms with E-state index in [0.29, 0.717) is 0 Å².